The van der Waals surface area contributed by atoms with Crippen molar-refractivity contribution in [2.45, 2.75) is 39.2 Å². The van der Waals surface area contributed by atoms with Crippen molar-refractivity contribution in [2.24, 2.45) is 0 Å². The first-order valence-corrected chi connectivity index (χ1v) is 6.67. The van der Waals surface area contributed by atoms with E-state index in [1.54, 1.807) is 4.90 Å². The highest BCUT2D eigenvalue weighted by molar-refractivity contribution is 5.95. The summed E-state index contributed by atoms with van der Waals surface area (Å²) in [4.78, 5) is 29.8. The van der Waals surface area contributed by atoms with E-state index in [-0.39, 0.29) is 17.6 Å². The number of aryl methyl sites for hydroxylation is 1. The van der Waals surface area contributed by atoms with Crippen LogP contribution in [-0.2, 0) is 11.2 Å². The molecule has 2 heterocycles. The smallest absolute Gasteiger partial charge is 0.294 e. The van der Waals surface area contributed by atoms with Crippen molar-refractivity contribution in [2.75, 3.05) is 13.1 Å². The van der Waals surface area contributed by atoms with E-state index in [9.17, 15) is 9.59 Å². The van der Waals surface area contributed by atoms with Crippen LogP contribution in [-0.4, -0.2) is 51.0 Å². The van der Waals surface area contributed by atoms with Gasteiger partial charge in [0.2, 0.25) is 11.7 Å². The van der Waals surface area contributed by atoms with Gasteiger partial charge in [-0.1, -0.05) is 13.8 Å². The summed E-state index contributed by atoms with van der Waals surface area (Å²) in [7, 11) is 0. The number of carbonyl (C=O) groups excluding carboxylic acids is 2. The number of hydrogen-bond donors (Lipinski definition) is 2. The Kier molecular flexibility index (Phi) is 4.13. The summed E-state index contributed by atoms with van der Waals surface area (Å²) in [5.41, 5.74) is 0. The molecule has 104 valence electrons. The number of carbonyl (C=O) groups is 2. The van der Waals surface area contributed by atoms with Gasteiger partial charge < -0.3 is 10.2 Å². The third kappa shape index (κ3) is 2.74. The minimum Gasteiger partial charge on any atom is -0.353 e. The Morgan fingerprint density at radius 1 is 1.47 bits per heavy atom. The van der Waals surface area contributed by atoms with Gasteiger partial charge in [0.05, 0.1) is 0 Å². The highest BCUT2D eigenvalue weighted by atomic mass is 16.2. The van der Waals surface area contributed by atoms with Crippen molar-refractivity contribution < 1.29 is 9.59 Å². The van der Waals surface area contributed by atoms with Gasteiger partial charge in [-0.15, -0.1) is 5.10 Å². The summed E-state index contributed by atoms with van der Waals surface area (Å²) in [6, 6.07) is -0.422. The molecule has 0 saturated carbocycles. The van der Waals surface area contributed by atoms with Crippen LogP contribution in [0.25, 0.3) is 0 Å². The number of piperazine rings is 1. The van der Waals surface area contributed by atoms with E-state index < -0.39 is 6.04 Å². The third-order valence-corrected chi connectivity index (χ3v) is 3.19. The maximum Gasteiger partial charge on any atom is 0.294 e. The first-order chi connectivity index (χ1) is 9.17. The zero-order valence-corrected chi connectivity index (χ0v) is 11.3. The molecular formula is C12H19N5O2. The predicted molar refractivity (Wildman–Crippen MR) is 68.5 cm³/mol. The highest BCUT2D eigenvalue weighted by Crippen LogP contribution is 2.11. The monoisotopic (exact) mass is 265 g/mol. The van der Waals surface area contributed by atoms with E-state index in [0.29, 0.717) is 25.3 Å². The number of nitrogens with zero attached hydrogens (tertiary/aromatic N) is 3. The van der Waals surface area contributed by atoms with Gasteiger partial charge in [-0.05, 0) is 12.8 Å². The first-order valence-electron chi connectivity index (χ1n) is 6.67. The van der Waals surface area contributed by atoms with Crippen LogP contribution < -0.4 is 5.32 Å². The Hall–Kier alpha value is -1.92. The van der Waals surface area contributed by atoms with Gasteiger partial charge in [0.1, 0.15) is 11.9 Å². The van der Waals surface area contributed by atoms with E-state index in [1.807, 2.05) is 13.8 Å². The average molecular weight is 265 g/mol. The van der Waals surface area contributed by atoms with Crippen molar-refractivity contribution in [1.82, 2.24) is 25.4 Å². The van der Waals surface area contributed by atoms with E-state index >= 15 is 0 Å². The molecule has 1 aliphatic heterocycles. The SMILES string of the molecule is CCCc1nc(C(=O)N2CCNC(=O)C2CC)n[nH]1. The van der Waals surface area contributed by atoms with Crippen molar-refractivity contribution in [3.05, 3.63) is 11.6 Å². The van der Waals surface area contributed by atoms with Crippen LogP contribution >= 0.6 is 0 Å². The number of nitrogens with one attached hydrogen (secondary N) is 2. The Morgan fingerprint density at radius 2 is 2.26 bits per heavy atom. The van der Waals surface area contributed by atoms with Gasteiger partial charge in [0.15, 0.2) is 0 Å². The second kappa shape index (κ2) is 5.81. The zero-order chi connectivity index (χ0) is 13.8. The van der Waals surface area contributed by atoms with Gasteiger partial charge in [-0.2, -0.15) is 0 Å². The summed E-state index contributed by atoms with van der Waals surface area (Å²) < 4.78 is 0. The molecule has 1 fully saturated rings. The molecule has 1 aromatic heterocycles. The molecule has 1 aliphatic rings. The molecule has 1 unspecified atom stereocenters. The summed E-state index contributed by atoms with van der Waals surface area (Å²) in [6.45, 7) is 4.90. The van der Waals surface area contributed by atoms with E-state index in [2.05, 4.69) is 20.5 Å². The molecule has 0 radical (unpaired) electrons. The molecule has 7 nitrogen and oxygen atoms in total. The maximum atomic E-state index is 12.3. The molecule has 7 heteroatoms. The highest BCUT2D eigenvalue weighted by Gasteiger charge is 2.33. The largest absolute Gasteiger partial charge is 0.353 e. The van der Waals surface area contributed by atoms with E-state index in [4.69, 9.17) is 0 Å². The molecule has 0 aromatic carbocycles. The van der Waals surface area contributed by atoms with Gasteiger partial charge in [-0.3, -0.25) is 14.7 Å². The molecule has 0 bridgehead atoms. The zero-order valence-electron chi connectivity index (χ0n) is 11.3. The minimum absolute atomic E-state index is 0.105. The molecule has 2 rings (SSSR count). The number of amides is 2. The number of aromatic nitrogens is 3. The summed E-state index contributed by atoms with van der Waals surface area (Å²) in [6.07, 6.45) is 2.29. The quantitative estimate of drug-likeness (QED) is 0.808. The van der Waals surface area contributed by atoms with Crippen LogP contribution in [0, 0.1) is 0 Å². The average Bonchev–Trinajstić information content (AvgIpc) is 2.86. The van der Waals surface area contributed by atoms with Crippen LogP contribution in [0.1, 0.15) is 43.1 Å². The van der Waals surface area contributed by atoms with Crippen LogP contribution in [0.5, 0.6) is 0 Å². The van der Waals surface area contributed by atoms with Gasteiger partial charge in [0.25, 0.3) is 5.91 Å². The van der Waals surface area contributed by atoms with Crippen LogP contribution in [0.15, 0.2) is 0 Å². The van der Waals surface area contributed by atoms with Crippen LogP contribution in [0.4, 0.5) is 0 Å². The Bertz CT molecular complexity index is 470. The standard InChI is InChI=1S/C12H19N5O2/c1-3-5-9-14-10(16-15-9)12(19)17-7-6-13-11(18)8(17)4-2/h8H,3-7H2,1-2H3,(H,13,18)(H,14,15,16). The van der Waals surface area contributed by atoms with Crippen LogP contribution in [0.3, 0.4) is 0 Å². The predicted octanol–water partition coefficient (Wildman–Crippen LogP) is 0.108. The molecule has 1 atom stereocenters. The number of rotatable bonds is 4. The van der Waals surface area contributed by atoms with Gasteiger partial charge in [0, 0.05) is 19.5 Å². The minimum atomic E-state index is -0.422. The lowest BCUT2D eigenvalue weighted by atomic mass is 10.1. The Labute approximate surface area is 111 Å². The summed E-state index contributed by atoms with van der Waals surface area (Å²) in [5, 5.41) is 9.47. The van der Waals surface area contributed by atoms with Gasteiger partial charge in [-0.25, -0.2) is 4.98 Å². The number of hydrogen-bond acceptors (Lipinski definition) is 4. The molecule has 0 aliphatic carbocycles. The summed E-state index contributed by atoms with van der Waals surface area (Å²) in [5.74, 6) is 0.476. The van der Waals surface area contributed by atoms with Crippen molar-refractivity contribution in [1.29, 1.82) is 0 Å². The van der Waals surface area contributed by atoms with Crippen molar-refractivity contribution in [3.63, 3.8) is 0 Å². The summed E-state index contributed by atoms with van der Waals surface area (Å²) >= 11 is 0. The fourth-order valence-electron chi connectivity index (χ4n) is 2.23. The maximum absolute atomic E-state index is 12.3. The van der Waals surface area contributed by atoms with Gasteiger partial charge >= 0.3 is 0 Å². The molecule has 1 saturated heterocycles. The number of H-pyrrole nitrogens is 1. The fraction of sp³-hybridized carbons (Fsp3) is 0.667. The second-order valence-corrected chi connectivity index (χ2v) is 4.57. The number of aromatic amines is 1. The second-order valence-electron chi connectivity index (χ2n) is 4.57. The van der Waals surface area contributed by atoms with Crippen molar-refractivity contribution >= 4 is 11.8 Å². The molecule has 0 spiro atoms. The lowest BCUT2D eigenvalue weighted by Crippen LogP contribution is -2.57. The van der Waals surface area contributed by atoms with E-state index in [0.717, 1.165) is 12.8 Å². The van der Waals surface area contributed by atoms with Crippen LogP contribution in [0.2, 0.25) is 0 Å². The fourth-order valence-corrected chi connectivity index (χ4v) is 2.23. The molecule has 1 aromatic rings. The first kappa shape index (κ1) is 13.5. The Morgan fingerprint density at radius 3 is 2.95 bits per heavy atom. The lowest BCUT2D eigenvalue weighted by Gasteiger charge is -2.33. The molecular weight excluding hydrogens is 246 g/mol. The van der Waals surface area contributed by atoms with Crippen molar-refractivity contribution in [3.8, 4) is 0 Å². The lowest BCUT2D eigenvalue weighted by molar-refractivity contribution is -0.127. The normalized spacial score (nSPS) is 19.4. The molecule has 19 heavy (non-hydrogen) atoms. The van der Waals surface area contributed by atoms with E-state index in [1.165, 1.54) is 0 Å². The topological polar surface area (TPSA) is 91.0 Å². The third-order valence-electron chi connectivity index (χ3n) is 3.19. The molecule has 2 N–H and O–H groups in total. The molecule has 2 amide bonds. The Balaban J connectivity index is 2.14.